The quantitative estimate of drug-likeness (QED) is 0.443. The van der Waals surface area contributed by atoms with Crippen molar-refractivity contribution in [1.29, 1.82) is 0 Å². The van der Waals surface area contributed by atoms with Crippen LogP contribution in [-0.2, 0) is 0 Å². The van der Waals surface area contributed by atoms with Gasteiger partial charge in [-0.15, -0.1) is 24.0 Å². The Bertz CT molecular complexity index is 243. The third-order valence-electron chi connectivity index (χ3n) is 3.41. The van der Waals surface area contributed by atoms with Crippen LogP contribution in [0.2, 0.25) is 0 Å². The molecule has 0 aliphatic carbocycles. The molecule has 108 valence electrons. The standard InChI is InChI=1S/C13H28N4.HI/c1-11(2)7-8-15-13(14-3)16-10-12-6-5-9-17(12)4;/h11-12H,5-10H2,1-4H3,(H2,14,15,16);1H. The highest BCUT2D eigenvalue weighted by Crippen LogP contribution is 2.13. The maximum Gasteiger partial charge on any atom is 0.191 e. The van der Waals surface area contributed by atoms with E-state index in [1.807, 2.05) is 7.05 Å². The minimum absolute atomic E-state index is 0. The van der Waals surface area contributed by atoms with Gasteiger partial charge in [-0.3, -0.25) is 4.99 Å². The van der Waals surface area contributed by atoms with E-state index in [2.05, 4.69) is 41.4 Å². The van der Waals surface area contributed by atoms with E-state index < -0.39 is 0 Å². The highest BCUT2D eigenvalue weighted by molar-refractivity contribution is 14.0. The predicted molar refractivity (Wildman–Crippen MR) is 89.9 cm³/mol. The summed E-state index contributed by atoms with van der Waals surface area (Å²) in [6, 6.07) is 0.665. The fourth-order valence-electron chi connectivity index (χ4n) is 2.15. The van der Waals surface area contributed by atoms with Gasteiger partial charge in [0.05, 0.1) is 0 Å². The molecule has 1 atom stereocenters. The van der Waals surface area contributed by atoms with E-state index in [0.29, 0.717) is 6.04 Å². The first-order chi connectivity index (χ1) is 8.13. The van der Waals surface area contributed by atoms with Gasteiger partial charge in [-0.05, 0) is 38.8 Å². The molecule has 18 heavy (non-hydrogen) atoms. The minimum atomic E-state index is 0. The van der Waals surface area contributed by atoms with E-state index >= 15 is 0 Å². The van der Waals surface area contributed by atoms with Gasteiger partial charge in [0.2, 0.25) is 0 Å². The summed E-state index contributed by atoms with van der Waals surface area (Å²) in [5, 5.41) is 6.77. The second-order valence-corrected chi connectivity index (χ2v) is 5.34. The monoisotopic (exact) mass is 368 g/mol. The maximum atomic E-state index is 4.25. The van der Waals surface area contributed by atoms with Gasteiger partial charge < -0.3 is 15.5 Å². The minimum Gasteiger partial charge on any atom is -0.356 e. The number of nitrogens with zero attached hydrogens (tertiary/aromatic N) is 2. The second kappa shape index (κ2) is 9.83. The normalized spacial score (nSPS) is 20.9. The fourth-order valence-corrected chi connectivity index (χ4v) is 2.15. The van der Waals surface area contributed by atoms with Crippen LogP contribution in [-0.4, -0.2) is 50.6 Å². The van der Waals surface area contributed by atoms with Crippen molar-refractivity contribution in [3.05, 3.63) is 0 Å². The van der Waals surface area contributed by atoms with Crippen LogP contribution < -0.4 is 10.6 Å². The Morgan fingerprint density at radius 3 is 2.61 bits per heavy atom. The van der Waals surface area contributed by atoms with Gasteiger partial charge in [0.25, 0.3) is 0 Å². The number of rotatable bonds is 5. The highest BCUT2D eigenvalue weighted by atomic mass is 127. The van der Waals surface area contributed by atoms with Crippen molar-refractivity contribution in [2.75, 3.05) is 33.7 Å². The molecule has 4 nitrogen and oxygen atoms in total. The molecule has 0 aromatic rings. The van der Waals surface area contributed by atoms with Crippen molar-refractivity contribution in [3.8, 4) is 0 Å². The first kappa shape index (κ1) is 18.0. The van der Waals surface area contributed by atoms with Gasteiger partial charge >= 0.3 is 0 Å². The lowest BCUT2D eigenvalue weighted by molar-refractivity contribution is 0.309. The first-order valence-corrected chi connectivity index (χ1v) is 6.78. The SMILES string of the molecule is CN=C(NCCC(C)C)NCC1CCCN1C.I. The van der Waals surface area contributed by atoms with Crippen LogP contribution in [0.5, 0.6) is 0 Å². The molecule has 0 saturated carbocycles. The largest absolute Gasteiger partial charge is 0.356 e. The summed E-state index contributed by atoms with van der Waals surface area (Å²) in [5.74, 6) is 1.67. The van der Waals surface area contributed by atoms with Crippen LogP contribution in [0.15, 0.2) is 4.99 Å². The zero-order chi connectivity index (χ0) is 12.7. The molecule has 1 fully saturated rings. The van der Waals surface area contributed by atoms with Gasteiger partial charge in [0.15, 0.2) is 5.96 Å². The molecule has 1 unspecified atom stereocenters. The van der Waals surface area contributed by atoms with E-state index in [1.165, 1.54) is 25.8 Å². The Hall–Kier alpha value is -0.0400. The predicted octanol–water partition coefficient (Wildman–Crippen LogP) is 1.91. The lowest BCUT2D eigenvalue weighted by atomic mass is 10.1. The molecule has 1 aliphatic heterocycles. The molecule has 0 spiro atoms. The van der Waals surface area contributed by atoms with Crippen molar-refractivity contribution in [2.24, 2.45) is 10.9 Å². The number of hydrogen-bond donors (Lipinski definition) is 2. The van der Waals surface area contributed by atoms with Crippen molar-refractivity contribution in [2.45, 2.75) is 39.2 Å². The number of likely N-dealkylation sites (tertiary alicyclic amines) is 1. The number of aliphatic imine (C=N–C) groups is 1. The summed E-state index contributed by atoms with van der Waals surface area (Å²) in [4.78, 5) is 6.67. The first-order valence-electron chi connectivity index (χ1n) is 6.78. The summed E-state index contributed by atoms with van der Waals surface area (Å²) in [7, 11) is 4.04. The molecular weight excluding hydrogens is 339 g/mol. The molecular formula is C13H29IN4. The zero-order valence-corrected chi connectivity index (χ0v) is 14.5. The van der Waals surface area contributed by atoms with Crippen molar-refractivity contribution < 1.29 is 0 Å². The Kier molecular flexibility index (Phi) is 9.81. The summed E-state index contributed by atoms with van der Waals surface area (Å²) in [6.07, 6.45) is 3.80. The van der Waals surface area contributed by atoms with Crippen LogP contribution in [0.4, 0.5) is 0 Å². The Morgan fingerprint density at radius 1 is 1.39 bits per heavy atom. The third-order valence-corrected chi connectivity index (χ3v) is 3.41. The number of halogens is 1. The van der Waals surface area contributed by atoms with Crippen LogP contribution in [0.3, 0.4) is 0 Å². The Labute approximate surface area is 129 Å². The summed E-state index contributed by atoms with van der Waals surface area (Å²) in [5.41, 5.74) is 0. The van der Waals surface area contributed by atoms with E-state index in [-0.39, 0.29) is 24.0 Å². The fraction of sp³-hybridized carbons (Fsp3) is 0.923. The number of hydrogen-bond acceptors (Lipinski definition) is 2. The number of nitrogens with one attached hydrogen (secondary N) is 2. The van der Waals surface area contributed by atoms with E-state index in [1.54, 1.807) is 0 Å². The van der Waals surface area contributed by atoms with Crippen LogP contribution in [0, 0.1) is 5.92 Å². The van der Waals surface area contributed by atoms with Crippen LogP contribution >= 0.6 is 24.0 Å². The molecule has 2 N–H and O–H groups in total. The maximum absolute atomic E-state index is 4.25. The van der Waals surface area contributed by atoms with E-state index in [0.717, 1.165) is 25.0 Å². The summed E-state index contributed by atoms with van der Waals surface area (Å²) < 4.78 is 0. The lowest BCUT2D eigenvalue weighted by Gasteiger charge is -2.21. The van der Waals surface area contributed by atoms with E-state index in [9.17, 15) is 0 Å². The summed E-state index contributed by atoms with van der Waals surface area (Å²) >= 11 is 0. The third kappa shape index (κ3) is 6.78. The molecule has 1 rings (SSSR count). The smallest absolute Gasteiger partial charge is 0.191 e. The van der Waals surface area contributed by atoms with Crippen molar-refractivity contribution >= 4 is 29.9 Å². The second-order valence-electron chi connectivity index (χ2n) is 5.34. The Morgan fingerprint density at radius 2 is 2.11 bits per heavy atom. The number of guanidine groups is 1. The topological polar surface area (TPSA) is 39.7 Å². The average molecular weight is 368 g/mol. The zero-order valence-electron chi connectivity index (χ0n) is 12.2. The van der Waals surface area contributed by atoms with Gasteiger partial charge in [-0.2, -0.15) is 0 Å². The van der Waals surface area contributed by atoms with Gasteiger partial charge in [-0.25, -0.2) is 0 Å². The van der Waals surface area contributed by atoms with Crippen molar-refractivity contribution in [1.82, 2.24) is 15.5 Å². The number of likely N-dealkylation sites (N-methyl/N-ethyl adjacent to an activating group) is 1. The van der Waals surface area contributed by atoms with Gasteiger partial charge in [0, 0.05) is 26.2 Å². The molecule has 0 aromatic carbocycles. The average Bonchev–Trinajstić information content (AvgIpc) is 2.68. The molecule has 1 aliphatic rings. The molecule has 0 bridgehead atoms. The van der Waals surface area contributed by atoms with Gasteiger partial charge in [0.1, 0.15) is 0 Å². The van der Waals surface area contributed by atoms with Crippen LogP contribution in [0.1, 0.15) is 33.1 Å². The molecule has 1 heterocycles. The summed E-state index contributed by atoms with van der Waals surface area (Å²) in [6.45, 7) is 7.71. The lowest BCUT2D eigenvalue weighted by Crippen LogP contribution is -2.44. The van der Waals surface area contributed by atoms with Gasteiger partial charge in [-0.1, -0.05) is 13.8 Å². The molecule has 0 radical (unpaired) electrons. The van der Waals surface area contributed by atoms with Crippen LogP contribution in [0.25, 0.3) is 0 Å². The molecule has 0 aromatic heterocycles. The molecule has 1 saturated heterocycles. The van der Waals surface area contributed by atoms with E-state index in [4.69, 9.17) is 0 Å². The molecule has 5 heteroatoms. The van der Waals surface area contributed by atoms with Crippen molar-refractivity contribution in [3.63, 3.8) is 0 Å². The Balaban J connectivity index is 0.00000289. The highest BCUT2D eigenvalue weighted by Gasteiger charge is 2.20. The molecule has 0 amide bonds.